The average Bonchev–Trinajstić information content (AvgIpc) is 3.31. The van der Waals surface area contributed by atoms with E-state index in [2.05, 4.69) is 16.0 Å². The lowest BCUT2D eigenvalue weighted by molar-refractivity contribution is -0.141. The molecule has 0 bridgehead atoms. The summed E-state index contributed by atoms with van der Waals surface area (Å²) in [5.74, 6) is -0.737. The number of aldehydes is 1. The summed E-state index contributed by atoms with van der Waals surface area (Å²) in [6.45, 7) is 7.64. The van der Waals surface area contributed by atoms with Gasteiger partial charge in [-0.25, -0.2) is 4.79 Å². The molecule has 2 aliphatic carbocycles. The lowest BCUT2D eigenvalue weighted by atomic mass is 9.79. The topological polar surface area (TPSA) is 148 Å². The van der Waals surface area contributed by atoms with Crippen molar-refractivity contribution < 1.29 is 29.4 Å². The van der Waals surface area contributed by atoms with E-state index >= 15 is 0 Å². The van der Waals surface area contributed by atoms with Gasteiger partial charge >= 0.3 is 6.09 Å². The highest BCUT2D eigenvalue weighted by Crippen LogP contribution is 2.47. The molecule has 0 aromatic carbocycles. The molecule has 10 nitrogen and oxygen atoms in total. The molecule has 1 aliphatic heterocycles. The van der Waals surface area contributed by atoms with Gasteiger partial charge < -0.3 is 20.8 Å². The van der Waals surface area contributed by atoms with Crippen LogP contribution >= 0.6 is 0 Å². The lowest BCUT2D eigenvalue weighted by Crippen LogP contribution is -2.71. The Morgan fingerprint density at radius 2 is 1.82 bits per heavy atom. The number of nitrogens with zero attached hydrogens (tertiary/aromatic N) is 1. The van der Waals surface area contributed by atoms with Gasteiger partial charge in [-0.15, -0.1) is 0 Å². The molecular formula is C24H40N4O6. The predicted octanol–water partition coefficient (Wildman–Crippen LogP) is 1.22. The fourth-order valence-electron chi connectivity index (χ4n) is 5.72. The Morgan fingerprint density at radius 3 is 2.35 bits per heavy atom. The third-order valence-electron chi connectivity index (χ3n) is 7.72. The number of aliphatic hydroxyl groups excluding tert-OH is 1. The molecular weight excluding hydrogens is 440 g/mol. The first-order valence-electron chi connectivity index (χ1n) is 12.5. The summed E-state index contributed by atoms with van der Waals surface area (Å²) in [7, 11) is 0. The first-order chi connectivity index (χ1) is 15.9. The van der Waals surface area contributed by atoms with Gasteiger partial charge in [0.15, 0.2) is 18.1 Å². The molecule has 2 unspecified atom stereocenters. The third-order valence-corrected chi connectivity index (χ3v) is 7.72. The average molecular weight is 481 g/mol. The Bertz CT molecular complexity index is 795. The Balaban J connectivity index is 1.89. The normalized spacial score (nSPS) is 28.3. The largest absolute Gasteiger partial charge is 0.465 e. The highest BCUT2D eigenvalue weighted by molar-refractivity contribution is 5.87. The van der Waals surface area contributed by atoms with Gasteiger partial charge in [-0.3, -0.25) is 24.6 Å². The van der Waals surface area contributed by atoms with Crippen molar-refractivity contribution in [3.63, 3.8) is 0 Å². The van der Waals surface area contributed by atoms with Gasteiger partial charge in [-0.1, -0.05) is 40.5 Å². The maximum atomic E-state index is 13.7. The summed E-state index contributed by atoms with van der Waals surface area (Å²) in [5.41, 5.74) is -2.44. The number of hydrogen-bond acceptors (Lipinski definition) is 6. The van der Waals surface area contributed by atoms with Crippen molar-refractivity contribution in [2.24, 2.45) is 17.3 Å². The smallest absolute Gasteiger partial charge is 0.406 e. The number of carboxylic acid groups (broad SMARTS) is 1. The van der Waals surface area contributed by atoms with Crippen LogP contribution in [0.5, 0.6) is 0 Å². The van der Waals surface area contributed by atoms with Gasteiger partial charge in [-0.2, -0.15) is 0 Å². The number of nitrogens with one attached hydrogen (secondary N) is 3. The van der Waals surface area contributed by atoms with Crippen LogP contribution < -0.4 is 16.0 Å². The quantitative estimate of drug-likeness (QED) is 0.295. The molecule has 3 fully saturated rings. The zero-order chi connectivity index (χ0) is 25.3. The Kier molecular flexibility index (Phi) is 7.92. The van der Waals surface area contributed by atoms with Crippen LogP contribution in [0, 0.1) is 17.3 Å². The van der Waals surface area contributed by atoms with Crippen LogP contribution in [0.3, 0.4) is 0 Å². The number of hydrogen-bond donors (Lipinski definition) is 5. The molecule has 5 N–H and O–H groups in total. The van der Waals surface area contributed by atoms with Crippen molar-refractivity contribution in [1.82, 2.24) is 20.9 Å². The van der Waals surface area contributed by atoms with E-state index in [1.54, 1.807) is 25.7 Å². The maximum absolute atomic E-state index is 13.7. The number of amides is 3. The molecule has 3 amide bonds. The summed E-state index contributed by atoms with van der Waals surface area (Å²) < 4.78 is 0. The van der Waals surface area contributed by atoms with Crippen molar-refractivity contribution >= 4 is 24.2 Å². The zero-order valence-electron chi connectivity index (χ0n) is 20.7. The highest BCUT2D eigenvalue weighted by Gasteiger charge is 2.59. The van der Waals surface area contributed by atoms with Crippen molar-refractivity contribution in [2.75, 3.05) is 6.54 Å². The van der Waals surface area contributed by atoms with E-state index in [9.17, 15) is 29.4 Å². The maximum Gasteiger partial charge on any atom is 0.406 e. The SMILES string of the molecule is CCC[C@H](NC(=O)C1[C@H]2CCC[C@H]2CN1[C@@](C=O)(NC(=O)O)C(C)(C)C)C(O)C(=O)NC1CC1. The van der Waals surface area contributed by atoms with E-state index in [0.717, 1.165) is 32.1 Å². The third kappa shape index (κ3) is 5.22. The van der Waals surface area contributed by atoms with E-state index < -0.39 is 41.3 Å². The summed E-state index contributed by atoms with van der Waals surface area (Å²) in [6.07, 6.45) is 3.40. The van der Waals surface area contributed by atoms with Crippen LogP contribution in [0.2, 0.25) is 0 Å². The molecule has 0 aromatic heterocycles. The summed E-state index contributed by atoms with van der Waals surface area (Å²) in [6, 6.07) is -1.43. The van der Waals surface area contributed by atoms with Gasteiger partial charge in [0.1, 0.15) is 0 Å². The highest BCUT2D eigenvalue weighted by atomic mass is 16.4. The van der Waals surface area contributed by atoms with E-state index in [-0.39, 0.29) is 23.8 Å². The molecule has 0 aromatic rings. The lowest BCUT2D eigenvalue weighted by Gasteiger charge is -2.49. The minimum Gasteiger partial charge on any atom is -0.465 e. The zero-order valence-corrected chi connectivity index (χ0v) is 20.7. The number of aliphatic hydroxyl groups is 1. The number of rotatable bonds is 10. The molecule has 3 rings (SSSR count). The molecule has 0 radical (unpaired) electrons. The number of carbonyl (C=O) groups excluding carboxylic acids is 3. The van der Waals surface area contributed by atoms with Gasteiger partial charge in [0.2, 0.25) is 5.91 Å². The second kappa shape index (κ2) is 10.2. The van der Waals surface area contributed by atoms with Crippen LogP contribution in [0.15, 0.2) is 0 Å². The van der Waals surface area contributed by atoms with Crippen LogP contribution in [0.25, 0.3) is 0 Å². The van der Waals surface area contributed by atoms with Crippen LogP contribution in [0.4, 0.5) is 4.79 Å². The summed E-state index contributed by atoms with van der Waals surface area (Å²) in [5, 5.41) is 28.4. The van der Waals surface area contributed by atoms with E-state index in [4.69, 9.17) is 0 Å². The van der Waals surface area contributed by atoms with E-state index in [1.807, 2.05) is 6.92 Å². The van der Waals surface area contributed by atoms with Gasteiger partial charge in [-0.05, 0) is 43.9 Å². The van der Waals surface area contributed by atoms with Crippen LogP contribution in [0.1, 0.15) is 72.6 Å². The molecule has 1 saturated heterocycles. The number of fused-ring (bicyclic) bond motifs is 1. The minimum atomic E-state index is -1.60. The van der Waals surface area contributed by atoms with Crippen LogP contribution in [-0.2, 0) is 14.4 Å². The second-order valence-corrected chi connectivity index (χ2v) is 11.1. The Morgan fingerprint density at radius 1 is 1.15 bits per heavy atom. The van der Waals surface area contributed by atoms with Crippen molar-refractivity contribution in [1.29, 1.82) is 0 Å². The summed E-state index contributed by atoms with van der Waals surface area (Å²) in [4.78, 5) is 52.2. The van der Waals surface area contributed by atoms with E-state index in [0.29, 0.717) is 25.7 Å². The number of carbonyl (C=O) groups is 4. The number of likely N-dealkylation sites (tertiary alicyclic amines) is 1. The molecule has 6 atom stereocenters. The summed E-state index contributed by atoms with van der Waals surface area (Å²) >= 11 is 0. The van der Waals surface area contributed by atoms with Crippen molar-refractivity contribution in [2.45, 2.75) is 103 Å². The molecule has 3 aliphatic rings. The van der Waals surface area contributed by atoms with Crippen molar-refractivity contribution in [3.05, 3.63) is 0 Å². The molecule has 34 heavy (non-hydrogen) atoms. The first kappa shape index (κ1) is 26.4. The van der Waals surface area contributed by atoms with Gasteiger partial charge in [0.25, 0.3) is 5.91 Å². The van der Waals surface area contributed by atoms with Crippen LogP contribution in [-0.4, -0.2) is 75.7 Å². The molecule has 0 spiro atoms. The molecule has 1 heterocycles. The predicted molar refractivity (Wildman–Crippen MR) is 125 cm³/mol. The Hall–Kier alpha value is -2.20. The minimum absolute atomic E-state index is 0.0306. The Labute approximate surface area is 201 Å². The molecule has 10 heteroatoms. The molecule has 192 valence electrons. The first-order valence-corrected chi connectivity index (χ1v) is 12.5. The van der Waals surface area contributed by atoms with E-state index in [1.165, 1.54) is 0 Å². The van der Waals surface area contributed by atoms with Crippen molar-refractivity contribution in [3.8, 4) is 0 Å². The van der Waals surface area contributed by atoms with Gasteiger partial charge in [0.05, 0.1) is 12.1 Å². The van der Waals surface area contributed by atoms with Gasteiger partial charge in [0, 0.05) is 18.0 Å². The molecule has 2 saturated carbocycles. The monoisotopic (exact) mass is 480 g/mol. The fraction of sp³-hybridized carbons (Fsp3) is 0.833. The second-order valence-electron chi connectivity index (χ2n) is 11.1. The standard InChI is InChI=1S/C24H40N4O6/c1-5-7-17(19(30)21(32)25-15-10-11-15)26-20(31)18-16-9-6-8-14(16)12-28(18)24(13-29,23(2,3)4)27-22(33)34/h13-19,27,30H,5-12H2,1-4H3,(H,25,32)(H,26,31)(H,33,34)/t14-,16-,17-,18?,19?,24+/m0/s1. The fourth-order valence-corrected chi connectivity index (χ4v) is 5.72.